The van der Waals surface area contributed by atoms with E-state index in [1.165, 1.54) is 6.07 Å². The summed E-state index contributed by atoms with van der Waals surface area (Å²) in [5, 5.41) is 0. The van der Waals surface area contributed by atoms with Gasteiger partial charge in [-0.05, 0) is 49.1 Å². The fraction of sp³-hybridized carbons (Fsp3) is 0.267. The summed E-state index contributed by atoms with van der Waals surface area (Å²) < 4.78 is 14.5. The SMILES string of the molecule is NNC(CCc1ccccn1)Cc1ccc(Br)cc1F. The van der Waals surface area contributed by atoms with E-state index in [2.05, 4.69) is 26.3 Å². The standard InChI is InChI=1S/C15H17BrFN3/c16-12-5-4-11(15(17)10-12)9-14(20-18)7-6-13-3-1-2-8-19-13/h1-5,8,10,14,20H,6-7,9,18H2. The molecule has 3 nitrogen and oxygen atoms in total. The van der Waals surface area contributed by atoms with Crippen molar-refractivity contribution in [1.82, 2.24) is 10.4 Å². The van der Waals surface area contributed by atoms with Crippen LogP contribution in [0.15, 0.2) is 47.1 Å². The highest BCUT2D eigenvalue weighted by Crippen LogP contribution is 2.17. The lowest BCUT2D eigenvalue weighted by atomic mass is 10.0. The fourth-order valence-electron chi connectivity index (χ4n) is 2.07. The van der Waals surface area contributed by atoms with E-state index >= 15 is 0 Å². The molecule has 1 aromatic carbocycles. The number of rotatable bonds is 6. The van der Waals surface area contributed by atoms with Gasteiger partial charge in [-0.15, -0.1) is 0 Å². The second-order valence-electron chi connectivity index (χ2n) is 4.66. The number of hydrogen-bond donors (Lipinski definition) is 2. The van der Waals surface area contributed by atoms with Crippen LogP contribution in [0.3, 0.4) is 0 Å². The number of hydrogen-bond acceptors (Lipinski definition) is 3. The maximum Gasteiger partial charge on any atom is 0.127 e. The van der Waals surface area contributed by atoms with Gasteiger partial charge >= 0.3 is 0 Å². The molecule has 1 atom stereocenters. The molecule has 0 saturated carbocycles. The molecular formula is C15H17BrFN3. The van der Waals surface area contributed by atoms with Gasteiger partial charge in [-0.25, -0.2) is 4.39 Å². The minimum Gasteiger partial charge on any atom is -0.271 e. The molecule has 0 fully saturated rings. The van der Waals surface area contributed by atoms with Crippen molar-refractivity contribution >= 4 is 15.9 Å². The van der Waals surface area contributed by atoms with Gasteiger partial charge in [0.2, 0.25) is 0 Å². The number of hydrazine groups is 1. The molecular weight excluding hydrogens is 321 g/mol. The molecule has 106 valence electrons. The van der Waals surface area contributed by atoms with E-state index in [1.807, 2.05) is 24.3 Å². The Morgan fingerprint density at radius 2 is 2.15 bits per heavy atom. The molecule has 0 aliphatic rings. The van der Waals surface area contributed by atoms with Gasteiger partial charge in [-0.2, -0.15) is 0 Å². The van der Waals surface area contributed by atoms with Crippen molar-refractivity contribution in [3.05, 3.63) is 64.1 Å². The fourth-order valence-corrected chi connectivity index (χ4v) is 2.40. The average Bonchev–Trinajstić information content (AvgIpc) is 2.46. The van der Waals surface area contributed by atoms with Gasteiger partial charge in [0.25, 0.3) is 0 Å². The summed E-state index contributed by atoms with van der Waals surface area (Å²) in [7, 11) is 0. The van der Waals surface area contributed by atoms with Crippen LogP contribution >= 0.6 is 15.9 Å². The van der Waals surface area contributed by atoms with Crippen molar-refractivity contribution in [2.45, 2.75) is 25.3 Å². The number of nitrogens with two attached hydrogens (primary N) is 1. The number of nitrogens with one attached hydrogen (secondary N) is 1. The number of pyridine rings is 1. The van der Waals surface area contributed by atoms with Crippen molar-refractivity contribution in [1.29, 1.82) is 0 Å². The molecule has 5 heteroatoms. The first kappa shape index (κ1) is 15.1. The second kappa shape index (κ2) is 7.47. The number of halogens is 2. The summed E-state index contributed by atoms with van der Waals surface area (Å²) >= 11 is 3.25. The second-order valence-corrected chi connectivity index (χ2v) is 5.58. The molecule has 2 rings (SSSR count). The molecule has 3 N–H and O–H groups in total. The molecule has 0 aliphatic carbocycles. The van der Waals surface area contributed by atoms with Gasteiger partial charge in [-0.1, -0.05) is 28.1 Å². The first-order valence-corrected chi connectivity index (χ1v) is 7.28. The highest BCUT2D eigenvalue weighted by atomic mass is 79.9. The molecule has 0 bridgehead atoms. The number of aryl methyl sites for hydroxylation is 1. The van der Waals surface area contributed by atoms with E-state index in [1.54, 1.807) is 12.3 Å². The summed E-state index contributed by atoms with van der Waals surface area (Å²) in [5.74, 6) is 5.35. The van der Waals surface area contributed by atoms with Crippen molar-refractivity contribution in [3.63, 3.8) is 0 Å². The molecule has 0 aliphatic heterocycles. The smallest absolute Gasteiger partial charge is 0.127 e. The predicted octanol–water partition coefficient (Wildman–Crippen LogP) is 2.99. The highest BCUT2D eigenvalue weighted by molar-refractivity contribution is 9.10. The van der Waals surface area contributed by atoms with Crippen LogP contribution in [0, 0.1) is 5.82 Å². The Morgan fingerprint density at radius 1 is 1.30 bits per heavy atom. The van der Waals surface area contributed by atoms with Crippen molar-refractivity contribution < 1.29 is 4.39 Å². The van der Waals surface area contributed by atoms with Crippen LogP contribution in [0.4, 0.5) is 4.39 Å². The first-order chi connectivity index (χ1) is 9.69. The van der Waals surface area contributed by atoms with E-state index in [0.29, 0.717) is 12.0 Å². The number of benzene rings is 1. The lowest BCUT2D eigenvalue weighted by Gasteiger charge is -2.16. The molecule has 0 saturated heterocycles. The third kappa shape index (κ3) is 4.37. The van der Waals surface area contributed by atoms with E-state index in [0.717, 1.165) is 23.0 Å². The van der Waals surface area contributed by atoms with Gasteiger partial charge in [-0.3, -0.25) is 16.3 Å². The summed E-state index contributed by atoms with van der Waals surface area (Å²) in [6, 6.07) is 10.9. The maximum atomic E-state index is 13.8. The van der Waals surface area contributed by atoms with Gasteiger partial charge in [0, 0.05) is 22.4 Å². The normalized spacial score (nSPS) is 12.3. The van der Waals surface area contributed by atoms with E-state index in [4.69, 9.17) is 5.84 Å². The van der Waals surface area contributed by atoms with E-state index in [-0.39, 0.29) is 11.9 Å². The molecule has 2 aromatic rings. The molecule has 0 radical (unpaired) electrons. The molecule has 20 heavy (non-hydrogen) atoms. The van der Waals surface area contributed by atoms with Crippen LogP contribution in [-0.4, -0.2) is 11.0 Å². The van der Waals surface area contributed by atoms with Crippen LogP contribution in [0.25, 0.3) is 0 Å². The zero-order valence-electron chi connectivity index (χ0n) is 11.0. The Hall–Kier alpha value is -1.30. The van der Waals surface area contributed by atoms with Crippen LogP contribution in [0.2, 0.25) is 0 Å². The van der Waals surface area contributed by atoms with Gasteiger partial charge < -0.3 is 0 Å². The minimum absolute atomic E-state index is 0.0210. The predicted molar refractivity (Wildman–Crippen MR) is 81.5 cm³/mol. The van der Waals surface area contributed by atoms with Crippen molar-refractivity contribution in [3.8, 4) is 0 Å². The molecule has 1 aromatic heterocycles. The zero-order valence-corrected chi connectivity index (χ0v) is 12.6. The Labute approximate surface area is 126 Å². The van der Waals surface area contributed by atoms with Crippen LogP contribution in [-0.2, 0) is 12.8 Å². The summed E-state index contributed by atoms with van der Waals surface area (Å²) in [6.45, 7) is 0. The Kier molecular flexibility index (Phi) is 5.64. The monoisotopic (exact) mass is 337 g/mol. The number of nitrogens with zero attached hydrogens (tertiary/aromatic N) is 1. The Morgan fingerprint density at radius 3 is 2.80 bits per heavy atom. The highest BCUT2D eigenvalue weighted by Gasteiger charge is 2.11. The third-order valence-corrected chi connectivity index (χ3v) is 3.69. The average molecular weight is 338 g/mol. The van der Waals surface area contributed by atoms with E-state index < -0.39 is 0 Å². The molecule has 1 unspecified atom stereocenters. The zero-order chi connectivity index (χ0) is 14.4. The van der Waals surface area contributed by atoms with Gasteiger partial charge in [0.1, 0.15) is 5.82 Å². The van der Waals surface area contributed by atoms with Gasteiger partial charge in [0.05, 0.1) is 0 Å². The number of aromatic nitrogens is 1. The van der Waals surface area contributed by atoms with Gasteiger partial charge in [0.15, 0.2) is 0 Å². The summed E-state index contributed by atoms with van der Waals surface area (Å²) in [6.07, 6.45) is 3.95. The molecule has 1 heterocycles. The van der Waals surface area contributed by atoms with Crippen molar-refractivity contribution in [2.24, 2.45) is 5.84 Å². The first-order valence-electron chi connectivity index (χ1n) is 6.49. The summed E-state index contributed by atoms with van der Waals surface area (Å²) in [5.41, 5.74) is 4.44. The third-order valence-electron chi connectivity index (χ3n) is 3.19. The topological polar surface area (TPSA) is 50.9 Å². The Balaban J connectivity index is 1.95. The largest absolute Gasteiger partial charge is 0.271 e. The summed E-state index contributed by atoms with van der Waals surface area (Å²) in [4.78, 5) is 4.27. The molecule has 0 amide bonds. The van der Waals surface area contributed by atoms with Crippen LogP contribution < -0.4 is 11.3 Å². The maximum absolute atomic E-state index is 13.8. The van der Waals surface area contributed by atoms with Crippen LogP contribution in [0.1, 0.15) is 17.7 Å². The minimum atomic E-state index is -0.211. The lowest BCUT2D eigenvalue weighted by Crippen LogP contribution is -2.37. The Bertz CT molecular complexity index is 548. The molecule has 0 spiro atoms. The van der Waals surface area contributed by atoms with Crippen molar-refractivity contribution in [2.75, 3.05) is 0 Å². The van der Waals surface area contributed by atoms with Crippen LogP contribution in [0.5, 0.6) is 0 Å². The lowest BCUT2D eigenvalue weighted by molar-refractivity contribution is 0.478. The quantitative estimate of drug-likeness (QED) is 0.629. The van der Waals surface area contributed by atoms with E-state index in [9.17, 15) is 4.39 Å².